The first-order chi connectivity index (χ1) is 7.10. The van der Waals surface area contributed by atoms with Gasteiger partial charge in [0, 0.05) is 4.88 Å². The summed E-state index contributed by atoms with van der Waals surface area (Å²) >= 11 is 1.12. The van der Waals surface area contributed by atoms with Crippen LogP contribution in [0.4, 0.5) is 0 Å². The normalized spacial score (nSPS) is 11.9. The highest BCUT2D eigenvalue weighted by atomic mass is 32.1. The smallest absolute Gasteiger partial charge is 0.348 e. The number of hydrogen-bond acceptors (Lipinski definition) is 6. The first-order valence-corrected chi connectivity index (χ1v) is 4.93. The molecule has 0 bridgehead atoms. The molecule has 5 nitrogen and oxygen atoms in total. The lowest BCUT2D eigenvalue weighted by Gasteiger charge is -2.05. The van der Waals surface area contributed by atoms with Gasteiger partial charge in [0.2, 0.25) is 0 Å². The zero-order valence-corrected chi connectivity index (χ0v) is 9.17. The highest BCUT2D eigenvalue weighted by molar-refractivity contribution is 7.14. The van der Waals surface area contributed by atoms with Crippen molar-refractivity contribution in [1.29, 1.82) is 0 Å². The molecule has 0 saturated heterocycles. The molecule has 2 N–H and O–H groups in total. The summed E-state index contributed by atoms with van der Waals surface area (Å²) in [7, 11) is 2.55. The summed E-state index contributed by atoms with van der Waals surface area (Å²) in [6.07, 6.45) is 0. The van der Waals surface area contributed by atoms with Crippen molar-refractivity contribution in [2.24, 2.45) is 5.73 Å². The molecule has 0 amide bonds. The maximum absolute atomic E-state index is 11.1. The lowest BCUT2D eigenvalue weighted by atomic mass is 10.2. The Morgan fingerprint density at radius 2 is 2.00 bits per heavy atom. The van der Waals surface area contributed by atoms with Crippen molar-refractivity contribution >= 4 is 23.3 Å². The second-order valence-electron chi connectivity index (χ2n) is 2.69. The van der Waals surface area contributed by atoms with E-state index >= 15 is 0 Å². The summed E-state index contributed by atoms with van der Waals surface area (Å²) in [6.45, 7) is 0. The SMILES string of the molecule is COC(=O)c1ccc(C(N)C(=O)OC)s1. The van der Waals surface area contributed by atoms with Crippen LogP contribution in [-0.2, 0) is 14.3 Å². The Balaban J connectivity index is 2.84. The lowest BCUT2D eigenvalue weighted by Crippen LogP contribution is -2.21. The summed E-state index contributed by atoms with van der Waals surface area (Å²) < 4.78 is 9.02. The van der Waals surface area contributed by atoms with Crippen molar-refractivity contribution in [2.75, 3.05) is 14.2 Å². The third-order valence-electron chi connectivity index (χ3n) is 1.78. The summed E-state index contributed by atoms with van der Waals surface area (Å²) in [5.41, 5.74) is 5.59. The molecule has 1 aromatic rings. The van der Waals surface area contributed by atoms with Crippen molar-refractivity contribution in [3.05, 3.63) is 21.9 Å². The molecule has 0 aliphatic carbocycles. The molecule has 0 aliphatic heterocycles. The Kier molecular flexibility index (Phi) is 3.81. The Hall–Kier alpha value is -1.40. The topological polar surface area (TPSA) is 78.6 Å². The molecule has 1 rings (SSSR count). The van der Waals surface area contributed by atoms with Crippen LogP contribution < -0.4 is 5.73 Å². The fraction of sp³-hybridized carbons (Fsp3) is 0.333. The summed E-state index contributed by atoms with van der Waals surface area (Å²) in [6, 6.07) is 2.33. The quantitative estimate of drug-likeness (QED) is 0.772. The molecular formula is C9H11NO4S. The van der Waals surface area contributed by atoms with Crippen molar-refractivity contribution < 1.29 is 19.1 Å². The summed E-state index contributed by atoms with van der Waals surface area (Å²) in [4.78, 5) is 23.2. The molecule has 0 radical (unpaired) electrons. The van der Waals surface area contributed by atoms with Crippen LogP contribution in [0.3, 0.4) is 0 Å². The minimum Gasteiger partial charge on any atom is -0.468 e. The van der Waals surface area contributed by atoms with Gasteiger partial charge < -0.3 is 15.2 Å². The maximum Gasteiger partial charge on any atom is 0.348 e. The molecule has 0 aromatic carbocycles. The number of ether oxygens (including phenoxy) is 2. The van der Waals surface area contributed by atoms with E-state index in [1.165, 1.54) is 14.2 Å². The average molecular weight is 229 g/mol. The molecule has 6 heteroatoms. The van der Waals surface area contributed by atoms with E-state index in [0.717, 1.165) is 11.3 Å². The second-order valence-corrected chi connectivity index (χ2v) is 3.81. The zero-order chi connectivity index (χ0) is 11.4. The Bertz CT molecular complexity index is 374. The predicted octanol–water partition coefficient (Wildman–Crippen LogP) is 0.708. The first kappa shape index (κ1) is 11.7. The number of nitrogens with two attached hydrogens (primary N) is 1. The van der Waals surface area contributed by atoms with Crippen LogP contribution in [0.1, 0.15) is 20.6 Å². The fourth-order valence-corrected chi connectivity index (χ4v) is 1.89. The third kappa shape index (κ3) is 2.54. The van der Waals surface area contributed by atoms with Crippen LogP contribution >= 0.6 is 11.3 Å². The van der Waals surface area contributed by atoms with Gasteiger partial charge in [0.1, 0.15) is 10.9 Å². The molecule has 1 heterocycles. The standard InChI is InChI=1S/C9H11NO4S/c1-13-8(11)6-4-3-5(15-6)7(10)9(12)14-2/h3-4,7H,10H2,1-2H3. The van der Waals surface area contributed by atoms with E-state index < -0.39 is 18.0 Å². The van der Waals surface area contributed by atoms with E-state index in [-0.39, 0.29) is 0 Å². The van der Waals surface area contributed by atoms with Gasteiger partial charge in [-0.2, -0.15) is 0 Å². The summed E-state index contributed by atoms with van der Waals surface area (Å²) in [5, 5.41) is 0. The highest BCUT2D eigenvalue weighted by Gasteiger charge is 2.20. The molecule has 15 heavy (non-hydrogen) atoms. The molecule has 0 saturated carbocycles. The van der Waals surface area contributed by atoms with Gasteiger partial charge in [0.05, 0.1) is 14.2 Å². The fourth-order valence-electron chi connectivity index (χ4n) is 0.973. The van der Waals surface area contributed by atoms with E-state index in [0.29, 0.717) is 9.75 Å². The van der Waals surface area contributed by atoms with Gasteiger partial charge in [-0.3, -0.25) is 0 Å². The van der Waals surface area contributed by atoms with Crippen LogP contribution in [0.2, 0.25) is 0 Å². The van der Waals surface area contributed by atoms with Gasteiger partial charge in [0.15, 0.2) is 0 Å². The third-order valence-corrected chi connectivity index (χ3v) is 2.92. The molecule has 82 valence electrons. The van der Waals surface area contributed by atoms with Gasteiger partial charge in [-0.15, -0.1) is 11.3 Å². The van der Waals surface area contributed by atoms with Gasteiger partial charge in [-0.1, -0.05) is 0 Å². The second kappa shape index (κ2) is 4.90. The average Bonchev–Trinajstić information content (AvgIpc) is 2.75. The largest absolute Gasteiger partial charge is 0.468 e. The minimum absolute atomic E-state index is 0.409. The Morgan fingerprint density at radius 1 is 1.33 bits per heavy atom. The van der Waals surface area contributed by atoms with Crippen molar-refractivity contribution in [3.63, 3.8) is 0 Å². The molecule has 1 atom stereocenters. The Labute approximate surface area is 90.8 Å². The van der Waals surface area contributed by atoms with E-state index in [1.54, 1.807) is 12.1 Å². The maximum atomic E-state index is 11.1. The predicted molar refractivity (Wildman–Crippen MR) is 54.6 cm³/mol. The van der Waals surface area contributed by atoms with Crippen molar-refractivity contribution in [2.45, 2.75) is 6.04 Å². The zero-order valence-electron chi connectivity index (χ0n) is 8.35. The van der Waals surface area contributed by atoms with Gasteiger partial charge in [-0.05, 0) is 12.1 Å². The van der Waals surface area contributed by atoms with Crippen LogP contribution in [0.25, 0.3) is 0 Å². The molecule has 0 aliphatic rings. The number of hydrogen-bond donors (Lipinski definition) is 1. The van der Waals surface area contributed by atoms with E-state index in [1.807, 2.05) is 0 Å². The van der Waals surface area contributed by atoms with Crippen molar-refractivity contribution in [1.82, 2.24) is 0 Å². The van der Waals surface area contributed by atoms with Crippen LogP contribution in [0, 0.1) is 0 Å². The lowest BCUT2D eigenvalue weighted by molar-refractivity contribution is -0.142. The van der Waals surface area contributed by atoms with Gasteiger partial charge >= 0.3 is 11.9 Å². The molecule has 0 fully saturated rings. The van der Waals surface area contributed by atoms with E-state index in [4.69, 9.17) is 5.73 Å². The highest BCUT2D eigenvalue weighted by Crippen LogP contribution is 2.23. The van der Waals surface area contributed by atoms with Gasteiger partial charge in [-0.25, -0.2) is 9.59 Å². The molecule has 1 unspecified atom stereocenters. The van der Waals surface area contributed by atoms with Crippen LogP contribution in [-0.4, -0.2) is 26.2 Å². The first-order valence-electron chi connectivity index (χ1n) is 4.11. The van der Waals surface area contributed by atoms with Gasteiger partial charge in [0.25, 0.3) is 0 Å². The number of thiophene rings is 1. The minimum atomic E-state index is -0.849. The Morgan fingerprint density at radius 3 is 2.53 bits per heavy atom. The number of rotatable bonds is 3. The number of esters is 2. The number of carbonyl (C=O) groups excluding carboxylic acids is 2. The molecular weight excluding hydrogens is 218 g/mol. The van der Waals surface area contributed by atoms with Crippen molar-refractivity contribution in [3.8, 4) is 0 Å². The molecule has 0 spiro atoms. The van der Waals surface area contributed by atoms with E-state index in [2.05, 4.69) is 9.47 Å². The molecule has 1 aromatic heterocycles. The number of carbonyl (C=O) groups is 2. The summed E-state index contributed by atoms with van der Waals surface area (Å²) in [5.74, 6) is -0.975. The van der Waals surface area contributed by atoms with Crippen LogP contribution in [0.15, 0.2) is 12.1 Å². The van der Waals surface area contributed by atoms with E-state index in [9.17, 15) is 9.59 Å². The van der Waals surface area contributed by atoms with Crippen LogP contribution in [0.5, 0.6) is 0 Å². The number of methoxy groups -OCH3 is 2. The monoisotopic (exact) mass is 229 g/mol.